The van der Waals surface area contributed by atoms with Gasteiger partial charge in [0.1, 0.15) is 12.2 Å². The summed E-state index contributed by atoms with van der Waals surface area (Å²) in [5.74, 6) is -0.235. The number of hydrogen-bond donors (Lipinski definition) is 1. The number of carbonyl (C=O) groups is 1. The van der Waals surface area contributed by atoms with Crippen molar-refractivity contribution in [1.82, 2.24) is 24.8 Å². The molecular formula is C25H20N6O. The van der Waals surface area contributed by atoms with Crippen molar-refractivity contribution < 1.29 is 4.79 Å². The van der Waals surface area contributed by atoms with Crippen LogP contribution in [0, 0.1) is 0 Å². The van der Waals surface area contributed by atoms with E-state index in [0.29, 0.717) is 0 Å². The minimum atomic E-state index is -0.235. The third-order valence-corrected chi connectivity index (χ3v) is 5.04. The fourth-order valence-electron chi connectivity index (χ4n) is 3.52. The Morgan fingerprint density at radius 3 is 2.47 bits per heavy atom. The molecule has 0 atom stereocenters. The van der Waals surface area contributed by atoms with Crippen molar-refractivity contribution in [3.63, 3.8) is 0 Å². The van der Waals surface area contributed by atoms with Crippen LogP contribution in [0.1, 0.15) is 5.56 Å². The van der Waals surface area contributed by atoms with Gasteiger partial charge in [-0.25, -0.2) is 15.1 Å². The zero-order chi connectivity index (χ0) is 21.8. The number of imidazole rings is 1. The van der Waals surface area contributed by atoms with Crippen molar-refractivity contribution in [2.75, 3.05) is 0 Å². The summed E-state index contributed by atoms with van der Waals surface area (Å²) in [7, 11) is 0. The molecule has 1 amide bonds. The Morgan fingerprint density at radius 1 is 0.938 bits per heavy atom. The van der Waals surface area contributed by atoms with Gasteiger partial charge >= 0.3 is 0 Å². The summed E-state index contributed by atoms with van der Waals surface area (Å²) >= 11 is 0. The standard InChI is InChI=1S/C25H20N6O/c32-24(17-30-18-26-22-13-7-8-14-23(22)30)28-27-15-20-16-31(21-11-5-2-6-12-21)29-25(20)19-9-3-1-4-10-19/h1-16,18H,17H2,(H,28,32)/b27-15+. The molecule has 0 unspecified atom stereocenters. The number of aromatic nitrogens is 4. The van der Waals surface area contributed by atoms with E-state index in [1.54, 1.807) is 17.1 Å². The number of hydrogen-bond acceptors (Lipinski definition) is 4. The number of fused-ring (bicyclic) bond motifs is 1. The first-order chi connectivity index (χ1) is 15.8. The number of carbonyl (C=O) groups excluding carboxylic acids is 1. The van der Waals surface area contributed by atoms with Gasteiger partial charge in [-0.1, -0.05) is 60.7 Å². The van der Waals surface area contributed by atoms with Crippen molar-refractivity contribution in [3.05, 3.63) is 103 Å². The number of nitrogens with one attached hydrogen (secondary N) is 1. The number of amides is 1. The average molecular weight is 420 g/mol. The van der Waals surface area contributed by atoms with Crippen LogP contribution in [0.25, 0.3) is 28.0 Å². The summed E-state index contributed by atoms with van der Waals surface area (Å²) < 4.78 is 3.60. The molecule has 0 fully saturated rings. The molecule has 7 nitrogen and oxygen atoms in total. The van der Waals surface area contributed by atoms with Crippen LogP contribution in [0.4, 0.5) is 0 Å². The van der Waals surface area contributed by atoms with Gasteiger partial charge in [0.05, 0.1) is 29.3 Å². The Balaban J connectivity index is 1.37. The molecule has 2 aromatic heterocycles. The van der Waals surface area contributed by atoms with Crippen molar-refractivity contribution in [3.8, 4) is 16.9 Å². The highest BCUT2D eigenvalue weighted by Gasteiger charge is 2.11. The number of benzene rings is 3. The first-order valence-electron chi connectivity index (χ1n) is 10.2. The Labute approximate surface area is 184 Å². The van der Waals surface area contributed by atoms with Crippen molar-refractivity contribution in [2.24, 2.45) is 5.10 Å². The molecular weight excluding hydrogens is 400 g/mol. The Kier molecular flexibility index (Phi) is 5.28. The number of rotatable bonds is 6. The SMILES string of the molecule is O=C(Cn1cnc2ccccc21)N/N=C/c1cn(-c2ccccc2)nc1-c1ccccc1. The van der Waals surface area contributed by atoms with E-state index in [4.69, 9.17) is 5.10 Å². The first kappa shape index (κ1) is 19.4. The third kappa shape index (κ3) is 4.04. The van der Waals surface area contributed by atoms with E-state index in [2.05, 4.69) is 15.5 Å². The molecule has 0 aliphatic heterocycles. The van der Waals surface area contributed by atoms with Gasteiger partial charge < -0.3 is 4.57 Å². The van der Waals surface area contributed by atoms with E-state index in [1.807, 2.05) is 95.8 Å². The Morgan fingerprint density at radius 2 is 1.66 bits per heavy atom. The molecule has 0 saturated heterocycles. The molecule has 0 bridgehead atoms. The van der Waals surface area contributed by atoms with Crippen LogP contribution in [-0.2, 0) is 11.3 Å². The van der Waals surface area contributed by atoms with E-state index < -0.39 is 0 Å². The highest BCUT2D eigenvalue weighted by molar-refractivity contribution is 5.89. The highest BCUT2D eigenvalue weighted by Crippen LogP contribution is 2.22. The van der Waals surface area contributed by atoms with E-state index in [-0.39, 0.29) is 12.5 Å². The van der Waals surface area contributed by atoms with Crippen molar-refractivity contribution in [2.45, 2.75) is 6.54 Å². The summed E-state index contributed by atoms with van der Waals surface area (Å²) in [5.41, 5.74) is 7.86. The lowest BCUT2D eigenvalue weighted by molar-refractivity contribution is -0.121. The van der Waals surface area contributed by atoms with Crippen LogP contribution in [0.15, 0.2) is 103 Å². The number of nitrogens with zero attached hydrogens (tertiary/aromatic N) is 5. The van der Waals surface area contributed by atoms with Gasteiger partial charge in [-0.2, -0.15) is 10.2 Å². The Hall–Kier alpha value is -4.52. The van der Waals surface area contributed by atoms with Crippen LogP contribution in [0.5, 0.6) is 0 Å². The molecule has 0 radical (unpaired) electrons. The first-order valence-corrected chi connectivity index (χ1v) is 10.2. The van der Waals surface area contributed by atoms with Gasteiger partial charge in [-0.05, 0) is 24.3 Å². The van der Waals surface area contributed by atoms with E-state index in [9.17, 15) is 4.79 Å². The molecule has 156 valence electrons. The molecule has 2 heterocycles. The van der Waals surface area contributed by atoms with Crippen molar-refractivity contribution in [1.29, 1.82) is 0 Å². The quantitative estimate of drug-likeness (QED) is 0.333. The predicted molar refractivity (Wildman–Crippen MR) is 124 cm³/mol. The zero-order valence-corrected chi connectivity index (χ0v) is 17.2. The second-order valence-corrected chi connectivity index (χ2v) is 7.23. The minimum absolute atomic E-state index is 0.132. The minimum Gasteiger partial charge on any atom is -0.321 e. The summed E-state index contributed by atoms with van der Waals surface area (Å²) in [4.78, 5) is 16.7. The molecule has 0 spiro atoms. The summed E-state index contributed by atoms with van der Waals surface area (Å²) in [6.45, 7) is 0.132. The smallest absolute Gasteiger partial charge is 0.260 e. The second kappa shape index (κ2) is 8.69. The summed E-state index contributed by atoms with van der Waals surface area (Å²) in [6.07, 6.45) is 5.18. The van der Waals surface area contributed by atoms with Crippen LogP contribution >= 0.6 is 0 Å². The number of hydrazone groups is 1. The zero-order valence-electron chi connectivity index (χ0n) is 17.2. The topological polar surface area (TPSA) is 77.1 Å². The average Bonchev–Trinajstić information content (AvgIpc) is 3.45. The molecule has 0 aliphatic rings. The van der Waals surface area contributed by atoms with Gasteiger partial charge in [0.25, 0.3) is 5.91 Å². The van der Waals surface area contributed by atoms with Gasteiger partial charge in [-0.3, -0.25) is 4.79 Å². The van der Waals surface area contributed by atoms with Gasteiger partial charge in [-0.15, -0.1) is 0 Å². The van der Waals surface area contributed by atoms with E-state index >= 15 is 0 Å². The lowest BCUT2D eigenvalue weighted by Crippen LogP contribution is -2.22. The third-order valence-electron chi connectivity index (χ3n) is 5.04. The lowest BCUT2D eigenvalue weighted by Gasteiger charge is -2.03. The maximum atomic E-state index is 12.4. The maximum Gasteiger partial charge on any atom is 0.260 e. The normalized spacial score (nSPS) is 11.2. The van der Waals surface area contributed by atoms with Crippen LogP contribution in [0.2, 0.25) is 0 Å². The molecule has 7 heteroatoms. The summed E-state index contributed by atoms with van der Waals surface area (Å²) in [6, 6.07) is 27.5. The van der Waals surface area contributed by atoms with Gasteiger partial charge in [0, 0.05) is 17.3 Å². The van der Waals surface area contributed by atoms with E-state index in [1.165, 1.54) is 0 Å². The van der Waals surface area contributed by atoms with Crippen LogP contribution < -0.4 is 5.43 Å². The monoisotopic (exact) mass is 420 g/mol. The molecule has 1 N–H and O–H groups in total. The van der Waals surface area contributed by atoms with Crippen LogP contribution in [0.3, 0.4) is 0 Å². The molecule has 5 aromatic rings. The predicted octanol–water partition coefficient (Wildman–Crippen LogP) is 4.04. The van der Waals surface area contributed by atoms with Crippen molar-refractivity contribution >= 4 is 23.2 Å². The largest absolute Gasteiger partial charge is 0.321 e. The molecule has 3 aromatic carbocycles. The number of para-hydroxylation sites is 3. The van der Waals surface area contributed by atoms with Gasteiger partial charge in [0.15, 0.2) is 0 Å². The second-order valence-electron chi connectivity index (χ2n) is 7.23. The highest BCUT2D eigenvalue weighted by atomic mass is 16.2. The fraction of sp³-hybridized carbons (Fsp3) is 0.0400. The molecule has 5 rings (SSSR count). The van der Waals surface area contributed by atoms with Crippen LogP contribution in [-0.4, -0.2) is 31.5 Å². The maximum absolute atomic E-state index is 12.4. The van der Waals surface area contributed by atoms with E-state index in [0.717, 1.165) is 33.5 Å². The van der Waals surface area contributed by atoms with Gasteiger partial charge in [0.2, 0.25) is 0 Å². The summed E-state index contributed by atoms with van der Waals surface area (Å²) in [5, 5.41) is 8.93. The molecule has 32 heavy (non-hydrogen) atoms. The Bertz CT molecular complexity index is 1390. The molecule has 0 aliphatic carbocycles. The molecule has 0 saturated carbocycles. The lowest BCUT2D eigenvalue weighted by atomic mass is 10.1. The fourth-order valence-corrected chi connectivity index (χ4v) is 3.52.